The van der Waals surface area contributed by atoms with Gasteiger partial charge in [0, 0.05) is 29.6 Å². The lowest BCUT2D eigenvalue weighted by Crippen LogP contribution is -2.50. The van der Waals surface area contributed by atoms with Gasteiger partial charge in [0.15, 0.2) is 8.32 Å². The summed E-state index contributed by atoms with van der Waals surface area (Å²) < 4.78 is 6.67. The van der Waals surface area contributed by atoms with Crippen molar-refractivity contribution in [3.8, 4) is 0 Å². The summed E-state index contributed by atoms with van der Waals surface area (Å²) in [6.07, 6.45) is 7.41. The number of fused-ring (bicyclic) bond motifs is 1. The molecule has 0 aromatic heterocycles. The lowest BCUT2D eigenvalue weighted by molar-refractivity contribution is -0.142. The standard InChI is InChI=1S/C28H40ClNO2Si/c1-28(2,3)33(4,5)32-25-14-12-24(13-15-25)30-16-8-11-22(27(30)31)18-23-17-20-9-6-7-10-21(20)19-26(23)29/h6-7,9-10,17,19,22,24-25H,8,11-16,18H2,1-5H3/t22?,24-,25-. The van der Waals surface area contributed by atoms with E-state index in [-0.39, 0.29) is 11.0 Å². The molecule has 1 saturated heterocycles. The van der Waals surface area contributed by atoms with E-state index < -0.39 is 8.32 Å². The van der Waals surface area contributed by atoms with Gasteiger partial charge in [-0.05, 0) is 91.5 Å². The van der Waals surface area contributed by atoms with Crippen LogP contribution in [0.1, 0.15) is 64.9 Å². The summed E-state index contributed by atoms with van der Waals surface area (Å²) in [5.41, 5.74) is 1.10. The molecule has 2 aliphatic rings. The Hall–Kier alpha value is -1.36. The fraction of sp³-hybridized carbons (Fsp3) is 0.607. The van der Waals surface area contributed by atoms with Crippen LogP contribution in [-0.2, 0) is 15.6 Å². The van der Waals surface area contributed by atoms with Crippen molar-refractivity contribution in [2.45, 2.75) is 96.0 Å². The molecule has 1 atom stereocenters. The molecule has 1 amide bonds. The van der Waals surface area contributed by atoms with E-state index in [9.17, 15) is 4.79 Å². The van der Waals surface area contributed by atoms with Crippen molar-refractivity contribution in [1.29, 1.82) is 0 Å². The highest BCUT2D eigenvalue weighted by molar-refractivity contribution is 6.74. The molecule has 1 unspecified atom stereocenters. The molecular formula is C28H40ClNO2Si. The van der Waals surface area contributed by atoms with Crippen molar-refractivity contribution >= 4 is 36.6 Å². The second kappa shape index (κ2) is 9.71. The molecule has 5 heteroatoms. The zero-order chi connectivity index (χ0) is 23.8. The lowest BCUT2D eigenvalue weighted by atomic mass is 9.86. The maximum atomic E-state index is 13.5. The highest BCUT2D eigenvalue weighted by atomic mass is 35.5. The fourth-order valence-corrected chi connectivity index (χ4v) is 6.95. The van der Waals surface area contributed by atoms with Crippen LogP contribution in [0.3, 0.4) is 0 Å². The van der Waals surface area contributed by atoms with Crippen molar-refractivity contribution in [1.82, 2.24) is 4.90 Å². The fourth-order valence-electron chi connectivity index (χ4n) is 5.28. The second-order valence-corrected chi connectivity index (χ2v) is 16.8. The minimum absolute atomic E-state index is 0.0404. The quantitative estimate of drug-likeness (QED) is 0.408. The average Bonchev–Trinajstić information content (AvgIpc) is 2.75. The van der Waals surface area contributed by atoms with E-state index in [1.54, 1.807) is 0 Å². The van der Waals surface area contributed by atoms with Gasteiger partial charge in [-0.3, -0.25) is 4.79 Å². The zero-order valence-corrected chi connectivity index (χ0v) is 22.8. The molecule has 180 valence electrons. The van der Waals surface area contributed by atoms with Gasteiger partial charge in [-0.1, -0.05) is 56.6 Å². The molecular weight excluding hydrogens is 446 g/mol. The number of likely N-dealkylation sites (tertiary alicyclic amines) is 1. The van der Waals surface area contributed by atoms with Crippen molar-refractivity contribution < 1.29 is 9.22 Å². The third kappa shape index (κ3) is 5.49. The number of hydrogen-bond acceptors (Lipinski definition) is 2. The maximum Gasteiger partial charge on any atom is 0.226 e. The zero-order valence-electron chi connectivity index (χ0n) is 21.0. The molecule has 0 spiro atoms. The Labute approximate surface area is 206 Å². The minimum atomic E-state index is -1.74. The number of amides is 1. The number of benzene rings is 2. The van der Waals surface area contributed by atoms with Crippen molar-refractivity contribution in [3.63, 3.8) is 0 Å². The predicted molar refractivity (Wildman–Crippen MR) is 141 cm³/mol. The molecule has 2 fully saturated rings. The van der Waals surface area contributed by atoms with Gasteiger partial charge < -0.3 is 9.33 Å². The van der Waals surface area contributed by atoms with Gasteiger partial charge >= 0.3 is 0 Å². The van der Waals surface area contributed by atoms with Crippen LogP contribution in [0.2, 0.25) is 23.2 Å². The van der Waals surface area contributed by atoms with E-state index in [2.05, 4.69) is 63.0 Å². The van der Waals surface area contributed by atoms with Crippen molar-refractivity contribution in [2.75, 3.05) is 6.54 Å². The Morgan fingerprint density at radius 3 is 2.30 bits per heavy atom. The van der Waals surface area contributed by atoms with Crippen LogP contribution in [0, 0.1) is 5.92 Å². The lowest BCUT2D eigenvalue weighted by Gasteiger charge is -2.44. The Morgan fingerprint density at radius 2 is 1.67 bits per heavy atom. The molecule has 1 aliphatic heterocycles. The first-order valence-electron chi connectivity index (χ1n) is 12.7. The average molecular weight is 486 g/mol. The van der Waals surface area contributed by atoms with E-state index in [1.165, 1.54) is 5.39 Å². The first-order chi connectivity index (χ1) is 15.5. The van der Waals surface area contributed by atoms with Gasteiger partial charge in [0.1, 0.15) is 0 Å². The summed E-state index contributed by atoms with van der Waals surface area (Å²) in [5.74, 6) is 0.373. The van der Waals surface area contributed by atoms with Crippen LogP contribution in [0.15, 0.2) is 36.4 Å². The SMILES string of the molecule is CC(C)(C)[Si](C)(C)O[C@H]1CC[C@H](N2CCCC(Cc3cc4ccccc4cc3Cl)C2=O)CC1. The summed E-state index contributed by atoms with van der Waals surface area (Å²) in [6.45, 7) is 12.5. The van der Waals surface area contributed by atoms with Gasteiger partial charge in [0.25, 0.3) is 0 Å². The van der Waals surface area contributed by atoms with Crippen LogP contribution >= 0.6 is 11.6 Å². The number of hydrogen-bond donors (Lipinski definition) is 0. The number of carbonyl (C=O) groups excluding carboxylic acids is 1. The highest BCUT2D eigenvalue weighted by Crippen LogP contribution is 2.40. The predicted octanol–water partition coefficient (Wildman–Crippen LogP) is 7.61. The van der Waals surface area contributed by atoms with Crippen LogP contribution in [0.25, 0.3) is 10.8 Å². The van der Waals surface area contributed by atoms with Gasteiger partial charge in [-0.25, -0.2) is 0 Å². The largest absolute Gasteiger partial charge is 0.414 e. The molecule has 2 aromatic carbocycles. The minimum Gasteiger partial charge on any atom is -0.414 e. The van der Waals surface area contributed by atoms with E-state index in [0.717, 1.165) is 67.5 Å². The molecule has 1 heterocycles. The summed E-state index contributed by atoms with van der Waals surface area (Å²) in [6, 6.07) is 12.9. The first kappa shape index (κ1) is 24.8. The third-order valence-corrected chi connectivity index (χ3v) is 13.2. The number of halogens is 1. The molecule has 3 nitrogen and oxygen atoms in total. The van der Waals surface area contributed by atoms with Crippen LogP contribution < -0.4 is 0 Å². The molecule has 2 aromatic rings. The van der Waals surface area contributed by atoms with Crippen LogP contribution in [-0.4, -0.2) is 37.8 Å². The molecule has 4 rings (SSSR count). The number of carbonyl (C=O) groups is 1. The van der Waals surface area contributed by atoms with E-state index in [4.69, 9.17) is 16.0 Å². The van der Waals surface area contributed by atoms with Crippen molar-refractivity contribution in [2.24, 2.45) is 5.92 Å². The Bertz CT molecular complexity index is 991. The third-order valence-electron chi connectivity index (χ3n) is 8.32. The van der Waals surface area contributed by atoms with Crippen LogP contribution in [0.5, 0.6) is 0 Å². The summed E-state index contributed by atoms with van der Waals surface area (Å²) in [4.78, 5) is 15.7. The van der Waals surface area contributed by atoms with E-state index in [0.29, 0.717) is 18.1 Å². The number of piperidine rings is 1. The van der Waals surface area contributed by atoms with Gasteiger partial charge in [0.2, 0.25) is 5.91 Å². The molecule has 0 radical (unpaired) electrons. The second-order valence-electron chi connectivity index (χ2n) is 11.7. The number of rotatable bonds is 5. The van der Waals surface area contributed by atoms with E-state index in [1.807, 2.05) is 12.1 Å². The van der Waals surface area contributed by atoms with Gasteiger partial charge in [-0.2, -0.15) is 0 Å². The summed E-state index contributed by atoms with van der Waals surface area (Å²) in [5, 5.41) is 3.36. The number of nitrogens with zero attached hydrogens (tertiary/aromatic N) is 1. The topological polar surface area (TPSA) is 29.5 Å². The molecule has 0 N–H and O–H groups in total. The smallest absolute Gasteiger partial charge is 0.226 e. The molecule has 33 heavy (non-hydrogen) atoms. The Balaban J connectivity index is 1.38. The monoisotopic (exact) mass is 485 g/mol. The molecule has 1 aliphatic carbocycles. The van der Waals surface area contributed by atoms with Gasteiger partial charge in [0.05, 0.1) is 0 Å². The normalized spacial score (nSPS) is 25.0. The molecule has 0 bridgehead atoms. The summed E-state index contributed by atoms with van der Waals surface area (Å²) >= 11 is 6.62. The van der Waals surface area contributed by atoms with E-state index >= 15 is 0 Å². The highest BCUT2D eigenvalue weighted by Gasteiger charge is 2.41. The Kier molecular flexibility index (Phi) is 7.28. The maximum absolute atomic E-state index is 13.5. The summed E-state index contributed by atoms with van der Waals surface area (Å²) in [7, 11) is -1.74. The van der Waals surface area contributed by atoms with Crippen LogP contribution in [0.4, 0.5) is 0 Å². The molecule has 1 saturated carbocycles. The first-order valence-corrected chi connectivity index (χ1v) is 16.0. The van der Waals surface area contributed by atoms with Crippen molar-refractivity contribution in [3.05, 3.63) is 47.0 Å². The Morgan fingerprint density at radius 1 is 1.03 bits per heavy atom. The van der Waals surface area contributed by atoms with Gasteiger partial charge in [-0.15, -0.1) is 0 Å².